The van der Waals surface area contributed by atoms with Crippen LogP contribution in [0.5, 0.6) is 11.5 Å². The molecule has 6 nitrogen and oxygen atoms in total. The highest BCUT2D eigenvalue weighted by molar-refractivity contribution is 14.0. The van der Waals surface area contributed by atoms with Gasteiger partial charge >= 0.3 is 6.61 Å². The summed E-state index contributed by atoms with van der Waals surface area (Å²) in [5, 5.41) is 7.49. The lowest BCUT2D eigenvalue weighted by molar-refractivity contribution is -0.0512. The molecule has 2 N–H and O–H groups in total. The van der Waals surface area contributed by atoms with Crippen molar-refractivity contribution in [3.8, 4) is 11.5 Å². The Morgan fingerprint density at radius 1 is 1.25 bits per heavy atom. The van der Waals surface area contributed by atoms with E-state index >= 15 is 0 Å². The number of hydrogen-bond donors (Lipinski definition) is 2. The standard InChI is InChI=1S/C18H24F2N4O2S.HI/c1-11-16(27-12(2)24-11)10-23-18(21-3)22-8-7-13-5-6-14(25-4)15(9-13)26-17(19)20;/h5-6,9,17H,7-8,10H2,1-4H3,(H2,21,22,23);1H. The third kappa shape index (κ3) is 7.38. The van der Waals surface area contributed by atoms with Gasteiger partial charge in [0.05, 0.1) is 24.4 Å². The SMILES string of the molecule is CN=C(NCCc1ccc(OC)c(OC(F)F)c1)NCc1sc(C)nc1C.I. The maximum Gasteiger partial charge on any atom is 0.387 e. The van der Waals surface area contributed by atoms with Gasteiger partial charge in [-0.25, -0.2) is 4.98 Å². The van der Waals surface area contributed by atoms with Crippen LogP contribution in [-0.4, -0.2) is 38.3 Å². The summed E-state index contributed by atoms with van der Waals surface area (Å²) < 4.78 is 34.6. The molecule has 0 amide bonds. The number of aryl methyl sites for hydroxylation is 2. The number of ether oxygens (including phenoxy) is 2. The molecule has 10 heteroatoms. The van der Waals surface area contributed by atoms with E-state index in [2.05, 4.69) is 25.3 Å². The van der Waals surface area contributed by atoms with Crippen molar-refractivity contribution in [1.82, 2.24) is 15.6 Å². The summed E-state index contributed by atoms with van der Waals surface area (Å²) in [5.74, 6) is 0.973. The molecular weight excluding hydrogens is 501 g/mol. The van der Waals surface area contributed by atoms with E-state index in [1.165, 1.54) is 12.0 Å². The fourth-order valence-electron chi connectivity index (χ4n) is 2.51. The number of halogens is 3. The minimum Gasteiger partial charge on any atom is -0.493 e. The van der Waals surface area contributed by atoms with E-state index < -0.39 is 6.61 Å². The molecule has 0 atom stereocenters. The van der Waals surface area contributed by atoms with Crippen molar-refractivity contribution in [2.24, 2.45) is 4.99 Å². The largest absolute Gasteiger partial charge is 0.493 e. The number of guanidine groups is 1. The molecule has 0 radical (unpaired) electrons. The van der Waals surface area contributed by atoms with E-state index in [0.717, 1.165) is 16.3 Å². The molecule has 2 rings (SSSR count). The molecular formula is C18H25F2IN4O2S. The van der Waals surface area contributed by atoms with Gasteiger partial charge in [0.2, 0.25) is 0 Å². The van der Waals surface area contributed by atoms with E-state index in [9.17, 15) is 8.78 Å². The number of nitrogens with zero attached hydrogens (tertiary/aromatic N) is 2. The third-order valence-corrected chi connectivity index (χ3v) is 4.86. The number of rotatable bonds is 8. The van der Waals surface area contributed by atoms with Crippen molar-refractivity contribution in [3.05, 3.63) is 39.3 Å². The van der Waals surface area contributed by atoms with Crippen LogP contribution in [0.1, 0.15) is 21.1 Å². The summed E-state index contributed by atoms with van der Waals surface area (Å²) in [6, 6.07) is 5.00. The number of hydrogen-bond acceptors (Lipinski definition) is 5. The van der Waals surface area contributed by atoms with Crippen molar-refractivity contribution in [3.63, 3.8) is 0 Å². The van der Waals surface area contributed by atoms with Gasteiger partial charge in [0, 0.05) is 18.5 Å². The molecule has 0 saturated heterocycles. The lowest BCUT2D eigenvalue weighted by Crippen LogP contribution is -2.37. The molecule has 0 saturated carbocycles. The van der Waals surface area contributed by atoms with Gasteiger partial charge in [0.1, 0.15) is 0 Å². The first kappa shape index (κ1) is 24.3. The van der Waals surface area contributed by atoms with Crippen LogP contribution in [0.3, 0.4) is 0 Å². The van der Waals surface area contributed by atoms with Crippen LogP contribution in [-0.2, 0) is 13.0 Å². The Hall–Kier alpha value is -1.69. The molecule has 0 unspecified atom stereocenters. The van der Waals surface area contributed by atoms with E-state index in [0.29, 0.717) is 25.5 Å². The molecule has 0 fully saturated rings. The van der Waals surface area contributed by atoms with E-state index in [1.54, 1.807) is 30.5 Å². The fourth-order valence-corrected chi connectivity index (χ4v) is 3.39. The molecule has 156 valence electrons. The van der Waals surface area contributed by atoms with Crippen molar-refractivity contribution in [1.29, 1.82) is 0 Å². The number of aliphatic imine (C=N–C) groups is 1. The van der Waals surface area contributed by atoms with E-state index in [-0.39, 0.29) is 35.5 Å². The second kappa shape index (κ2) is 12.0. The fraction of sp³-hybridized carbons (Fsp3) is 0.444. The Labute approximate surface area is 184 Å². The van der Waals surface area contributed by atoms with Crippen molar-refractivity contribution in [2.45, 2.75) is 33.4 Å². The lowest BCUT2D eigenvalue weighted by Gasteiger charge is -2.13. The van der Waals surface area contributed by atoms with Gasteiger partial charge in [-0.05, 0) is 38.0 Å². The molecule has 0 bridgehead atoms. The van der Waals surface area contributed by atoms with Crippen LogP contribution >= 0.6 is 35.3 Å². The number of methoxy groups -OCH3 is 1. The van der Waals surface area contributed by atoms with Gasteiger partial charge in [0.25, 0.3) is 0 Å². The van der Waals surface area contributed by atoms with E-state index in [4.69, 9.17) is 4.74 Å². The van der Waals surface area contributed by atoms with Crippen LogP contribution in [0, 0.1) is 13.8 Å². The van der Waals surface area contributed by atoms with Gasteiger partial charge in [-0.2, -0.15) is 8.78 Å². The maximum absolute atomic E-state index is 12.5. The van der Waals surface area contributed by atoms with Crippen LogP contribution in [0.15, 0.2) is 23.2 Å². The predicted molar refractivity (Wildman–Crippen MR) is 119 cm³/mol. The Kier molecular flexibility index (Phi) is 10.4. The molecule has 1 aromatic heterocycles. The number of thiazole rings is 1. The summed E-state index contributed by atoms with van der Waals surface area (Å²) in [7, 11) is 3.11. The molecule has 1 aromatic carbocycles. The predicted octanol–water partition coefficient (Wildman–Crippen LogP) is 3.90. The van der Waals surface area contributed by atoms with Crippen LogP contribution < -0.4 is 20.1 Å². The molecule has 1 heterocycles. The second-order valence-electron chi connectivity index (χ2n) is 5.71. The first-order valence-corrected chi connectivity index (χ1v) is 9.23. The molecule has 2 aromatic rings. The highest BCUT2D eigenvalue weighted by Crippen LogP contribution is 2.29. The summed E-state index contributed by atoms with van der Waals surface area (Å²) in [6.45, 7) is 2.30. The first-order chi connectivity index (χ1) is 12.9. The smallest absolute Gasteiger partial charge is 0.387 e. The lowest BCUT2D eigenvalue weighted by atomic mass is 10.1. The van der Waals surface area contributed by atoms with Crippen LogP contribution in [0.4, 0.5) is 8.78 Å². The number of alkyl halides is 2. The van der Waals surface area contributed by atoms with Crippen LogP contribution in [0.25, 0.3) is 0 Å². The van der Waals surface area contributed by atoms with Gasteiger partial charge in [-0.1, -0.05) is 6.07 Å². The van der Waals surface area contributed by atoms with Crippen molar-refractivity contribution < 1.29 is 18.3 Å². The minimum atomic E-state index is -2.89. The van der Waals surface area contributed by atoms with Gasteiger partial charge in [-0.15, -0.1) is 35.3 Å². The zero-order chi connectivity index (χ0) is 19.8. The summed E-state index contributed by atoms with van der Waals surface area (Å²) >= 11 is 1.65. The minimum absolute atomic E-state index is 0. The molecule has 0 spiro atoms. The van der Waals surface area contributed by atoms with Gasteiger partial charge < -0.3 is 20.1 Å². The molecule has 0 aliphatic carbocycles. The maximum atomic E-state index is 12.5. The highest BCUT2D eigenvalue weighted by atomic mass is 127. The normalized spacial score (nSPS) is 11.2. The number of benzene rings is 1. The zero-order valence-electron chi connectivity index (χ0n) is 16.2. The number of aromatic nitrogens is 1. The van der Waals surface area contributed by atoms with Gasteiger partial charge in [-0.3, -0.25) is 4.99 Å². The van der Waals surface area contributed by atoms with Gasteiger partial charge in [0.15, 0.2) is 17.5 Å². The highest BCUT2D eigenvalue weighted by Gasteiger charge is 2.11. The third-order valence-electron chi connectivity index (χ3n) is 3.79. The zero-order valence-corrected chi connectivity index (χ0v) is 19.4. The topological polar surface area (TPSA) is 67.8 Å². The Morgan fingerprint density at radius 3 is 2.57 bits per heavy atom. The van der Waals surface area contributed by atoms with Crippen molar-refractivity contribution >= 4 is 41.3 Å². The Balaban J connectivity index is 0.00000392. The average molecular weight is 526 g/mol. The average Bonchev–Trinajstić information content (AvgIpc) is 2.95. The molecule has 0 aliphatic rings. The quantitative estimate of drug-likeness (QED) is 0.311. The summed E-state index contributed by atoms with van der Waals surface area (Å²) in [6.07, 6.45) is 0.614. The number of nitrogens with one attached hydrogen (secondary N) is 2. The molecule has 28 heavy (non-hydrogen) atoms. The monoisotopic (exact) mass is 526 g/mol. The Bertz CT molecular complexity index is 787. The molecule has 0 aliphatic heterocycles. The van der Waals surface area contributed by atoms with Crippen LogP contribution in [0.2, 0.25) is 0 Å². The van der Waals surface area contributed by atoms with E-state index in [1.807, 2.05) is 19.9 Å². The van der Waals surface area contributed by atoms with Crippen molar-refractivity contribution in [2.75, 3.05) is 20.7 Å². The Morgan fingerprint density at radius 2 is 2.00 bits per heavy atom. The summed E-state index contributed by atoms with van der Waals surface area (Å²) in [5.41, 5.74) is 1.87. The second-order valence-corrected chi connectivity index (χ2v) is 7.00. The summed E-state index contributed by atoms with van der Waals surface area (Å²) in [4.78, 5) is 9.76. The first-order valence-electron chi connectivity index (χ1n) is 8.42.